The standard InChI is InChI=1S/C19H16N4O/c1-14-6-7-18(24-14)16-4-2-3-5-17(16)19-21-10-11-23(19)12-15-8-9-20-13-22-15/h2-11,13H,12H2,1H3. The van der Waals surface area contributed by atoms with E-state index in [4.69, 9.17) is 4.42 Å². The monoisotopic (exact) mass is 316 g/mol. The number of benzene rings is 1. The first-order valence-corrected chi connectivity index (χ1v) is 7.73. The van der Waals surface area contributed by atoms with E-state index in [-0.39, 0.29) is 0 Å². The summed E-state index contributed by atoms with van der Waals surface area (Å²) < 4.78 is 7.89. The van der Waals surface area contributed by atoms with Crippen molar-refractivity contribution in [1.29, 1.82) is 0 Å². The zero-order valence-electron chi connectivity index (χ0n) is 13.3. The average molecular weight is 316 g/mol. The molecule has 0 aliphatic rings. The van der Waals surface area contributed by atoms with Crippen LogP contribution < -0.4 is 0 Å². The van der Waals surface area contributed by atoms with Crippen molar-refractivity contribution in [3.63, 3.8) is 0 Å². The van der Waals surface area contributed by atoms with Gasteiger partial charge in [0, 0.05) is 29.7 Å². The van der Waals surface area contributed by atoms with Crippen molar-refractivity contribution < 1.29 is 4.42 Å². The third-order valence-electron chi connectivity index (χ3n) is 3.86. The largest absolute Gasteiger partial charge is 0.461 e. The molecule has 0 N–H and O–H groups in total. The van der Waals surface area contributed by atoms with E-state index in [0.29, 0.717) is 6.54 Å². The molecule has 0 saturated carbocycles. The molecule has 0 unspecified atom stereocenters. The van der Waals surface area contributed by atoms with E-state index in [9.17, 15) is 0 Å². The molecule has 5 nitrogen and oxygen atoms in total. The smallest absolute Gasteiger partial charge is 0.140 e. The second-order valence-electron chi connectivity index (χ2n) is 5.54. The van der Waals surface area contributed by atoms with Crippen LogP contribution in [0.5, 0.6) is 0 Å². The van der Waals surface area contributed by atoms with Gasteiger partial charge in [-0.05, 0) is 25.1 Å². The van der Waals surface area contributed by atoms with Crippen LogP contribution >= 0.6 is 0 Å². The molecule has 5 heteroatoms. The average Bonchev–Trinajstić information content (AvgIpc) is 3.25. The lowest BCUT2D eigenvalue weighted by molar-refractivity contribution is 0.548. The van der Waals surface area contributed by atoms with Gasteiger partial charge in [0.2, 0.25) is 0 Å². The van der Waals surface area contributed by atoms with Gasteiger partial charge in [-0.25, -0.2) is 15.0 Å². The van der Waals surface area contributed by atoms with Crippen LogP contribution in [0.4, 0.5) is 0 Å². The van der Waals surface area contributed by atoms with Crippen molar-refractivity contribution >= 4 is 0 Å². The van der Waals surface area contributed by atoms with Gasteiger partial charge >= 0.3 is 0 Å². The molecule has 0 radical (unpaired) electrons. The summed E-state index contributed by atoms with van der Waals surface area (Å²) in [5, 5.41) is 0. The molecule has 118 valence electrons. The summed E-state index contributed by atoms with van der Waals surface area (Å²) in [5.74, 6) is 2.63. The van der Waals surface area contributed by atoms with Crippen LogP contribution in [0.3, 0.4) is 0 Å². The van der Waals surface area contributed by atoms with Crippen molar-refractivity contribution in [3.8, 4) is 22.7 Å². The van der Waals surface area contributed by atoms with Crippen molar-refractivity contribution in [3.05, 3.63) is 78.8 Å². The summed E-state index contributed by atoms with van der Waals surface area (Å²) in [5.41, 5.74) is 3.00. The van der Waals surface area contributed by atoms with E-state index in [1.807, 2.05) is 43.5 Å². The molecule has 0 amide bonds. The van der Waals surface area contributed by atoms with Crippen molar-refractivity contribution in [1.82, 2.24) is 19.5 Å². The maximum atomic E-state index is 5.81. The second-order valence-corrected chi connectivity index (χ2v) is 5.54. The number of furan rings is 1. The summed E-state index contributed by atoms with van der Waals surface area (Å²) >= 11 is 0. The van der Waals surface area contributed by atoms with Gasteiger partial charge < -0.3 is 8.98 Å². The second kappa shape index (κ2) is 6.12. The maximum absolute atomic E-state index is 5.81. The number of aryl methyl sites for hydroxylation is 1. The summed E-state index contributed by atoms with van der Waals surface area (Å²) in [7, 11) is 0. The Morgan fingerprint density at radius 3 is 2.58 bits per heavy atom. The topological polar surface area (TPSA) is 56.7 Å². The van der Waals surface area contributed by atoms with Gasteiger partial charge in [-0.2, -0.15) is 0 Å². The minimum absolute atomic E-state index is 0.642. The molecule has 3 aromatic heterocycles. The Morgan fingerprint density at radius 2 is 1.83 bits per heavy atom. The number of nitrogens with zero attached hydrogens (tertiary/aromatic N) is 4. The number of rotatable bonds is 4. The quantitative estimate of drug-likeness (QED) is 0.572. The fraction of sp³-hybridized carbons (Fsp3) is 0.105. The van der Waals surface area contributed by atoms with Gasteiger partial charge in [0.1, 0.15) is 23.7 Å². The van der Waals surface area contributed by atoms with Gasteiger partial charge in [-0.3, -0.25) is 0 Å². The Balaban J connectivity index is 1.77. The molecule has 0 bridgehead atoms. The SMILES string of the molecule is Cc1ccc(-c2ccccc2-c2nccn2Cc2ccncn2)o1. The molecule has 0 atom stereocenters. The molecular formula is C19H16N4O. The number of hydrogen-bond acceptors (Lipinski definition) is 4. The molecular weight excluding hydrogens is 300 g/mol. The lowest BCUT2D eigenvalue weighted by Gasteiger charge is -2.10. The van der Waals surface area contributed by atoms with Crippen LogP contribution in [0.2, 0.25) is 0 Å². The van der Waals surface area contributed by atoms with Crippen LogP contribution in [0.15, 0.2) is 71.8 Å². The Hall–Kier alpha value is -3.21. The van der Waals surface area contributed by atoms with Crippen LogP contribution in [0.1, 0.15) is 11.5 Å². The van der Waals surface area contributed by atoms with E-state index in [2.05, 4.69) is 31.7 Å². The molecule has 1 aromatic carbocycles. The van der Waals surface area contributed by atoms with E-state index >= 15 is 0 Å². The van der Waals surface area contributed by atoms with E-state index in [1.165, 1.54) is 0 Å². The molecule has 4 aromatic rings. The van der Waals surface area contributed by atoms with Gasteiger partial charge in [0.15, 0.2) is 0 Å². The Morgan fingerprint density at radius 1 is 0.958 bits per heavy atom. The Labute approximate surface area is 139 Å². The zero-order chi connectivity index (χ0) is 16.4. The lowest BCUT2D eigenvalue weighted by Crippen LogP contribution is -2.03. The minimum Gasteiger partial charge on any atom is -0.461 e. The molecule has 0 aliphatic heterocycles. The first kappa shape index (κ1) is 14.4. The predicted octanol–water partition coefficient (Wildman–Crippen LogP) is 3.96. The van der Waals surface area contributed by atoms with E-state index in [0.717, 1.165) is 34.2 Å². The van der Waals surface area contributed by atoms with Gasteiger partial charge in [0.25, 0.3) is 0 Å². The van der Waals surface area contributed by atoms with Crippen LogP contribution in [0, 0.1) is 6.92 Å². The lowest BCUT2D eigenvalue weighted by atomic mass is 10.0. The van der Waals surface area contributed by atoms with Gasteiger partial charge in [0.05, 0.1) is 12.2 Å². The normalized spacial score (nSPS) is 10.9. The Kier molecular flexibility index (Phi) is 3.67. The highest BCUT2D eigenvalue weighted by Gasteiger charge is 2.14. The highest BCUT2D eigenvalue weighted by atomic mass is 16.3. The molecule has 24 heavy (non-hydrogen) atoms. The molecule has 0 aliphatic carbocycles. The van der Waals surface area contributed by atoms with Crippen molar-refractivity contribution in [2.45, 2.75) is 13.5 Å². The predicted molar refractivity (Wildman–Crippen MR) is 91.2 cm³/mol. The number of hydrogen-bond donors (Lipinski definition) is 0. The highest BCUT2D eigenvalue weighted by Crippen LogP contribution is 2.32. The minimum atomic E-state index is 0.642. The Bertz CT molecular complexity index is 956. The van der Waals surface area contributed by atoms with Crippen LogP contribution in [0.25, 0.3) is 22.7 Å². The molecule has 4 rings (SSSR count). The molecule has 0 saturated heterocycles. The summed E-state index contributed by atoms with van der Waals surface area (Å²) in [4.78, 5) is 12.8. The summed E-state index contributed by atoms with van der Waals surface area (Å²) in [6, 6.07) is 14.0. The summed E-state index contributed by atoms with van der Waals surface area (Å²) in [6.45, 7) is 2.59. The third kappa shape index (κ3) is 2.72. The summed E-state index contributed by atoms with van der Waals surface area (Å²) in [6.07, 6.45) is 7.08. The molecule has 3 heterocycles. The first-order valence-electron chi connectivity index (χ1n) is 7.73. The fourth-order valence-electron chi connectivity index (χ4n) is 2.74. The van der Waals surface area contributed by atoms with Crippen LogP contribution in [-0.2, 0) is 6.54 Å². The van der Waals surface area contributed by atoms with Crippen LogP contribution in [-0.4, -0.2) is 19.5 Å². The number of aromatic nitrogens is 4. The fourth-order valence-corrected chi connectivity index (χ4v) is 2.74. The number of imidazole rings is 1. The van der Waals surface area contributed by atoms with Crippen molar-refractivity contribution in [2.24, 2.45) is 0 Å². The zero-order valence-corrected chi connectivity index (χ0v) is 13.3. The highest BCUT2D eigenvalue weighted by molar-refractivity contribution is 5.78. The molecule has 0 spiro atoms. The maximum Gasteiger partial charge on any atom is 0.140 e. The van der Waals surface area contributed by atoms with Crippen molar-refractivity contribution in [2.75, 3.05) is 0 Å². The first-order chi connectivity index (χ1) is 11.8. The van der Waals surface area contributed by atoms with E-state index in [1.54, 1.807) is 18.7 Å². The van der Waals surface area contributed by atoms with Gasteiger partial charge in [-0.1, -0.05) is 24.3 Å². The third-order valence-corrected chi connectivity index (χ3v) is 3.86. The van der Waals surface area contributed by atoms with E-state index < -0.39 is 0 Å². The molecule has 0 fully saturated rings. The van der Waals surface area contributed by atoms with Gasteiger partial charge in [-0.15, -0.1) is 0 Å².